The smallest absolute Gasteiger partial charge is 0.255 e. The van der Waals surface area contributed by atoms with Crippen LogP contribution in [-0.2, 0) is 16.6 Å². The Bertz CT molecular complexity index is 981. The molecule has 0 saturated carbocycles. The van der Waals surface area contributed by atoms with Gasteiger partial charge in [0.05, 0.1) is 22.0 Å². The second-order valence-corrected chi connectivity index (χ2v) is 9.50. The molecule has 1 aromatic heterocycles. The average Bonchev–Trinajstić information content (AvgIpc) is 3.12. The van der Waals surface area contributed by atoms with E-state index in [0.29, 0.717) is 31.9 Å². The molecule has 3 rings (SSSR count). The molecule has 0 spiro atoms. The molecule has 0 radical (unpaired) electrons. The van der Waals surface area contributed by atoms with Gasteiger partial charge in [-0.2, -0.15) is 4.31 Å². The number of benzene rings is 1. The molecular weight excluding hydrogens is 414 g/mol. The monoisotopic (exact) mass is 439 g/mol. The topological polar surface area (TPSA) is 74.1 Å². The largest absolute Gasteiger partial charge is 0.464 e. The molecule has 0 unspecified atom stereocenters. The minimum atomic E-state index is -3.69. The van der Waals surface area contributed by atoms with Crippen LogP contribution in [0.5, 0.6) is 0 Å². The number of piperazine rings is 1. The van der Waals surface area contributed by atoms with Gasteiger partial charge in [0.15, 0.2) is 0 Å². The Morgan fingerprint density at radius 1 is 1.17 bits per heavy atom. The number of rotatable bonds is 6. The zero-order valence-corrected chi connectivity index (χ0v) is 18.5. The summed E-state index contributed by atoms with van der Waals surface area (Å²) >= 11 is 6.23. The SMILES string of the molecule is CCN1CCN(S(=O)(=O)c2ccc(Cl)c(C(=O)N(C)Cc3ccc(C)o3)c2)CC1. The summed E-state index contributed by atoms with van der Waals surface area (Å²) < 4.78 is 33.1. The molecule has 1 aromatic carbocycles. The molecule has 0 N–H and O–H groups in total. The minimum Gasteiger partial charge on any atom is -0.464 e. The van der Waals surface area contributed by atoms with E-state index in [4.69, 9.17) is 16.0 Å². The van der Waals surface area contributed by atoms with E-state index in [1.54, 1.807) is 13.1 Å². The fourth-order valence-corrected chi connectivity index (χ4v) is 4.99. The maximum atomic E-state index is 13.1. The number of halogens is 1. The number of carbonyl (C=O) groups excluding carboxylic acids is 1. The zero-order valence-electron chi connectivity index (χ0n) is 16.9. The molecule has 2 heterocycles. The van der Waals surface area contributed by atoms with Gasteiger partial charge in [-0.3, -0.25) is 4.79 Å². The van der Waals surface area contributed by atoms with Gasteiger partial charge in [-0.05, 0) is 43.8 Å². The van der Waals surface area contributed by atoms with E-state index in [1.807, 2.05) is 13.0 Å². The molecular formula is C20H26ClN3O4S. The van der Waals surface area contributed by atoms with Crippen LogP contribution >= 0.6 is 11.6 Å². The van der Waals surface area contributed by atoms with Gasteiger partial charge in [-0.1, -0.05) is 18.5 Å². The van der Waals surface area contributed by atoms with E-state index in [1.165, 1.54) is 27.4 Å². The van der Waals surface area contributed by atoms with E-state index in [0.717, 1.165) is 12.3 Å². The average molecular weight is 440 g/mol. The van der Waals surface area contributed by atoms with Crippen LogP contribution in [0.2, 0.25) is 5.02 Å². The van der Waals surface area contributed by atoms with Crippen molar-refractivity contribution in [3.63, 3.8) is 0 Å². The van der Waals surface area contributed by atoms with Crippen LogP contribution in [0.1, 0.15) is 28.8 Å². The first kappa shape index (κ1) is 21.8. The number of furan rings is 1. The molecule has 29 heavy (non-hydrogen) atoms. The Balaban J connectivity index is 1.81. The normalized spacial score (nSPS) is 16.1. The lowest BCUT2D eigenvalue weighted by Crippen LogP contribution is -2.48. The number of carbonyl (C=O) groups is 1. The number of aryl methyl sites for hydroxylation is 1. The molecule has 1 amide bonds. The Kier molecular flexibility index (Phi) is 6.68. The Morgan fingerprint density at radius 3 is 2.45 bits per heavy atom. The molecule has 2 aromatic rings. The summed E-state index contributed by atoms with van der Waals surface area (Å²) in [5.41, 5.74) is 0.158. The van der Waals surface area contributed by atoms with Crippen molar-refractivity contribution in [1.29, 1.82) is 0 Å². The summed E-state index contributed by atoms with van der Waals surface area (Å²) in [7, 11) is -2.06. The zero-order chi connectivity index (χ0) is 21.2. The first-order valence-electron chi connectivity index (χ1n) is 9.55. The van der Waals surface area contributed by atoms with Crippen molar-refractivity contribution < 1.29 is 17.6 Å². The van der Waals surface area contributed by atoms with Crippen LogP contribution in [0.4, 0.5) is 0 Å². The summed E-state index contributed by atoms with van der Waals surface area (Å²) in [5.74, 6) is 1.04. The molecule has 9 heteroatoms. The van der Waals surface area contributed by atoms with E-state index >= 15 is 0 Å². The van der Waals surface area contributed by atoms with Crippen molar-refractivity contribution in [2.24, 2.45) is 0 Å². The number of sulfonamides is 1. The predicted molar refractivity (Wildman–Crippen MR) is 112 cm³/mol. The van der Waals surface area contributed by atoms with Crippen LogP contribution in [-0.4, -0.2) is 68.2 Å². The summed E-state index contributed by atoms with van der Waals surface area (Å²) in [4.78, 5) is 16.6. The third-order valence-electron chi connectivity index (χ3n) is 5.12. The quantitative estimate of drug-likeness (QED) is 0.691. The van der Waals surface area contributed by atoms with Crippen LogP contribution in [0, 0.1) is 6.92 Å². The standard InChI is InChI=1S/C20H26ClN3O4S/c1-4-23-9-11-24(12-10-23)29(26,27)17-7-8-19(21)18(13-17)20(25)22(3)14-16-6-5-15(2)28-16/h5-8,13H,4,9-12,14H2,1-3H3. The van der Waals surface area contributed by atoms with Crippen molar-refractivity contribution in [3.05, 3.63) is 52.4 Å². The molecule has 1 aliphatic heterocycles. The van der Waals surface area contributed by atoms with E-state index < -0.39 is 10.0 Å². The molecule has 0 bridgehead atoms. The number of nitrogens with zero attached hydrogens (tertiary/aromatic N) is 3. The van der Waals surface area contributed by atoms with Gasteiger partial charge < -0.3 is 14.2 Å². The summed E-state index contributed by atoms with van der Waals surface area (Å²) in [5, 5.41) is 0.215. The van der Waals surface area contributed by atoms with E-state index in [2.05, 4.69) is 11.8 Å². The summed E-state index contributed by atoms with van der Waals surface area (Å²) in [6.45, 7) is 7.30. The van der Waals surface area contributed by atoms with Gasteiger partial charge in [0.2, 0.25) is 10.0 Å². The fourth-order valence-electron chi connectivity index (χ4n) is 3.35. The Labute approximate surface area is 176 Å². The lowest BCUT2D eigenvalue weighted by Gasteiger charge is -2.33. The van der Waals surface area contributed by atoms with E-state index in [9.17, 15) is 13.2 Å². The first-order chi connectivity index (χ1) is 13.7. The Morgan fingerprint density at radius 2 is 1.86 bits per heavy atom. The maximum Gasteiger partial charge on any atom is 0.255 e. The van der Waals surface area contributed by atoms with E-state index in [-0.39, 0.29) is 27.9 Å². The highest BCUT2D eigenvalue weighted by Gasteiger charge is 2.29. The first-order valence-corrected chi connectivity index (χ1v) is 11.4. The maximum absolute atomic E-state index is 13.1. The second kappa shape index (κ2) is 8.87. The third kappa shape index (κ3) is 4.83. The number of likely N-dealkylation sites (N-methyl/N-ethyl adjacent to an activating group) is 1. The van der Waals surface area contributed by atoms with Crippen LogP contribution in [0.25, 0.3) is 0 Å². The van der Waals surface area contributed by atoms with Crippen molar-refractivity contribution in [1.82, 2.24) is 14.1 Å². The van der Waals surface area contributed by atoms with Gasteiger partial charge in [-0.25, -0.2) is 8.42 Å². The summed E-state index contributed by atoms with van der Waals surface area (Å²) in [6.07, 6.45) is 0. The van der Waals surface area contributed by atoms with Crippen molar-refractivity contribution in [2.45, 2.75) is 25.3 Å². The molecule has 0 aliphatic carbocycles. The van der Waals surface area contributed by atoms with Gasteiger partial charge in [0, 0.05) is 33.2 Å². The number of amides is 1. The van der Waals surface area contributed by atoms with Crippen molar-refractivity contribution in [2.75, 3.05) is 39.8 Å². The highest BCUT2D eigenvalue weighted by molar-refractivity contribution is 7.89. The van der Waals surface area contributed by atoms with Gasteiger partial charge in [0.1, 0.15) is 11.5 Å². The number of hydrogen-bond donors (Lipinski definition) is 0. The minimum absolute atomic E-state index is 0.0810. The summed E-state index contributed by atoms with van der Waals surface area (Å²) in [6, 6.07) is 7.92. The van der Waals surface area contributed by atoms with Gasteiger partial charge in [-0.15, -0.1) is 0 Å². The molecule has 1 saturated heterocycles. The van der Waals surface area contributed by atoms with Crippen molar-refractivity contribution >= 4 is 27.5 Å². The third-order valence-corrected chi connectivity index (χ3v) is 7.34. The Hall–Kier alpha value is -1.87. The van der Waals surface area contributed by atoms with Crippen LogP contribution in [0.15, 0.2) is 39.6 Å². The van der Waals surface area contributed by atoms with Crippen molar-refractivity contribution in [3.8, 4) is 0 Å². The molecule has 1 fully saturated rings. The molecule has 1 aliphatic rings. The highest BCUT2D eigenvalue weighted by atomic mass is 35.5. The second-order valence-electron chi connectivity index (χ2n) is 7.15. The lowest BCUT2D eigenvalue weighted by atomic mass is 10.2. The van der Waals surface area contributed by atoms with Crippen LogP contribution in [0.3, 0.4) is 0 Å². The molecule has 7 nitrogen and oxygen atoms in total. The van der Waals surface area contributed by atoms with Gasteiger partial charge >= 0.3 is 0 Å². The molecule has 0 atom stereocenters. The number of hydrogen-bond acceptors (Lipinski definition) is 5. The van der Waals surface area contributed by atoms with Crippen LogP contribution < -0.4 is 0 Å². The highest BCUT2D eigenvalue weighted by Crippen LogP contribution is 2.25. The predicted octanol–water partition coefficient (Wildman–Crippen LogP) is 2.84. The fraction of sp³-hybridized carbons (Fsp3) is 0.450. The lowest BCUT2D eigenvalue weighted by molar-refractivity contribution is 0.0775. The molecule has 158 valence electrons. The van der Waals surface area contributed by atoms with Gasteiger partial charge in [0.25, 0.3) is 5.91 Å².